The van der Waals surface area contributed by atoms with Gasteiger partial charge in [0.25, 0.3) is 0 Å². The van der Waals surface area contributed by atoms with Gasteiger partial charge in [0.05, 0.1) is 12.8 Å². The average Bonchev–Trinajstić information content (AvgIpc) is 2.95. The molecule has 1 aliphatic rings. The molecule has 0 spiro atoms. The molecule has 2 heterocycles. The molecule has 2 aromatic heterocycles. The number of halogens is 1. The monoisotopic (exact) mass is 265 g/mol. The van der Waals surface area contributed by atoms with Crippen molar-refractivity contribution < 1.29 is 9.53 Å². The molecule has 1 aliphatic carbocycles. The van der Waals surface area contributed by atoms with Gasteiger partial charge in [-0.2, -0.15) is 5.10 Å². The Hall–Kier alpha value is -1.62. The molecule has 5 nitrogen and oxygen atoms in total. The first kappa shape index (κ1) is 11.5. The molecule has 0 saturated heterocycles. The predicted octanol–water partition coefficient (Wildman–Crippen LogP) is 2.05. The van der Waals surface area contributed by atoms with E-state index in [9.17, 15) is 4.79 Å². The van der Waals surface area contributed by atoms with Crippen molar-refractivity contribution in [3.63, 3.8) is 0 Å². The van der Waals surface area contributed by atoms with Gasteiger partial charge in [-0.05, 0) is 26.2 Å². The van der Waals surface area contributed by atoms with Crippen molar-refractivity contribution in [3.05, 3.63) is 28.2 Å². The smallest absolute Gasteiger partial charge is 0.343 e. The number of aryl methyl sites for hydroxylation is 1. The fraction of sp³-hybridized carbons (Fsp3) is 0.417. The molecule has 0 aromatic carbocycles. The molecule has 2 aromatic rings. The van der Waals surface area contributed by atoms with E-state index in [1.807, 2.05) is 0 Å². The van der Waals surface area contributed by atoms with Crippen molar-refractivity contribution in [2.75, 3.05) is 6.61 Å². The summed E-state index contributed by atoms with van der Waals surface area (Å²) < 4.78 is 6.49. The van der Waals surface area contributed by atoms with E-state index in [2.05, 4.69) is 10.1 Å². The van der Waals surface area contributed by atoms with Crippen LogP contribution >= 0.6 is 11.6 Å². The predicted molar refractivity (Wildman–Crippen MR) is 66.0 cm³/mol. The van der Waals surface area contributed by atoms with Gasteiger partial charge in [-0.1, -0.05) is 11.6 Å². The fourth-order valence-electron chi connectivity index (χ4n) is 2.28. The van der Waals surface area contributed by atoms with Crippen LogP contribution in [0.2, 0.25) is 5.15 Å². The van der Waals surface area contributed by atoms with Gasteiger partial charge >= 0.3 is 5.97 Å². The lowest BCUT2D eigenvalue weighted by Crippen LogP contribution is -2.06. The van der Waals surface area contributed by atoms with Crippen molar-refractivity contribution in [2.45, 2.75) is 26.2 Å². The van der Waals surface area contributed by atoms with Crippen LogP contribution in [0.25, 0.3) is 5.65 Å². The van der Waals surface area contributed by atoms with Crippen LogP contribution < -0.4 is 0 Å². The minimum Gasteiger partial charge on any atom is -0.462 e. The summed E-state index contributed by atoms with van der Waals surface area (Å²) in [5.41, 5.74) is 2.87. The summed E-state index contributed by atoms with van der Waals surface area (Å²) in [5.74, 6) is -0.408. The van der Waals surface area contributed by atoms with E-state index < -0.39 is 5.97 Å². The van der Waals surface area contributed by atoms with E-state index >= 15 is 0 Å². The number of carbonyl (C=O) groups is 1. The highest BCUT2D eigenvalue weighted by Gasteiger charge is 2.23. The van der Waals surface area contributed by atoms with Gasteiger partial charge in [0, 0.05) is 11.3 Å². The second kappa shape index (κ2) is 4.24. The summed E-state index contributed by atoms with van der Waals surface area (Å²) in [4.78, 5) is 16.3. The van der Waals surface area contributed by atoms with E-state index in [1.165, 1.54) is 10.7 Å². The molecule has 0 saturated carbocycles. The fourth-order valence-corrected chi connectivity index (χ4v) is 2.60. The lowest BCUT2D eigenvalue weighted by atomic mass is 10.2. The summed E-state index contributed by atoms with van der Waals surface area (Å²) in [6.07, 6.45) is 4.33. The number of carbonyl (C=O) groups excluding carboxylic acids is 1. The number of fused-ring (bicyclic) bond motifs is 2. The molecule has 0 fully saturated rings. The largest absolute Gasteiger partial charge is 0.462 e. The molecular weight excluding hydrogens is 254 g/mol. The molecule has 0 unspecified atom stereocenters. The van der Waals surface area contributed by atoms with Crippen LogP contribution in [0, 0.1) is 0 Å². The number of ether oxygens (including phenoxy) is 1. The lowest BCUT2D eigenvalue weighted by molar-refractivity contribution is 0.0528. The normalized spacial score (nSPS) is 13.9. The van der Waals surface area contributed by atoms with Crippen molar-refractivity contribution in [2.24, 2.45) is 0 Å². The van der Waals surface area contributed by atoms with Crippen LogP contribution in [0.15, 0.2) is 6.20 Å². The molecule has 0 bridgehead atoms. The van der Waals surface area contributed by atoms with Crippen LogP contribution in [0.1, 0.15) is 35.0 Å². The molecule has 0 N–H and O–H groups in total. The van der Waals surface area contributed by atoms with Crippen molar-refractivity contribution in [1.29, 1.82) is 0 Å². The third-order valence-corrected chi connectivity index (χ3v) is 3.49. The van der Waals surface area contributed by atoms with Gasteiger partial charge in [0.1, 0.15) is 10.7 Å². The average molecular weight is 266 g/mol. The first-order valence-electron chi connectivity index (χ1n) is 5.94. The Morgan fingerprint density at radius 2 is 2.39 bits per heavy atom. The molecule has 6 heteroatoms. The standard InChI is InChI=1S/C12H12ClN3O2/c1-2-18-12(17)8-6-14-16-10(13)7-4-3-5-9(7)15-11(8)16/h6H,2-5H2,1H3. The van der Waals surface area contributed by atoms with E-state index in [4.69, 9.17) is 16.3 Å². The molecule has 3 rings (SSSR count). The van der Waals surface area contributed by atoms with Gasteiger partial charge in [0.15, 0.2) is 5.65 Å². The Morgan fingerprint density at radius 1 is 1.56 bits per heavy atom. The third-order valence-electron chi connectivity index (χ3n) is 3.10. The summed E-state index contributed by atoms with van der Waals surface area (Å²) in [6.45, 7) is 2.09. The second-order valence-electron chi connectivity index (χ2n) is 4.20. The van der Waals surface area contributed by atoms with Crippen molar-refractivity contribution >= 4 is 23.2 Å². The number of hydrogen-bond acceptors (Lipinski definition) is 4. The van der Waals surface area contributed by atoms with Crippen LogP contribution in [0.3, 0.4) is 0 Å². The van der Waals surface area contributed by atoms with Gasteiger partial charge < -0.3 is 4.74 Å². The van der Waals surface area contributed by atoms with E-state index in [0.717, 1.165) is 30.5 Å². The molecule has 0 radical (unpaired) electrons. The van der Waals surface area contributed by atoms with Crippen molar-refractivity contribution in [3.8, 4) is 0 Å². The Bertz CT molecular complexity index is 636. The minimum atomic E-state index is -0.408. The van der Waals surface area contributed by atoms with Gasteiger partial charge in [-0.15, -0.1) is 0 Å². The minimum absolute atomic E-state index is 0.328. The quantitative estimate of drug-likeness (QED) is 0.616. The molecular formula is C12H12ClN3O2. The zero-order valence-electron chi connectivity index (χ0n) is 9.94. The molecule has 0 aliphatic heterocycles. The van der Waals surface area contributed by atoms with Crippen LogP contribution in [-0.4, -0.2) is 27.2 Å². The topological polar surface area (TPSA) is 56.5 Å². The van der Waals surface area contributed by atoms with E-state index in [1.54, 1.807) is 6.92 Å². The summed E-state index contributed by atoms with van der Waals surface area (Å²) >= 11 is 6.29. The molecule has 0 amide bonds. The SMILES string of the molecule is CCOC(=O)c1cnn2c(Cl)c3c(nc12)CCC3. The van der Waals surface area contributed by atoms with E-state index in [-0.39, 0.29) is 0 Å². The summed E-state index contributed by atoms with van der Waals surface area (Å²) in [7, 11) is 0. The van der Waals surface area contributed by atoms with Gasteiger partial charge in [-0.3, -0.25) is 0 Å². The first-order chi connectivity index (χ1) is 8.72. The Labute approximate surface area is 109 Å². The lowest BCUT2D eigenvalue weighted by Gasteiger charge is -2.05. The van der Waals surface area contributed by atoms with Crippen molar-refractivity contribution in [1.82, 2.24) is 14.6 Å². The van der Waals surface area contributed by atoms with Gasteiger partial charge in [-0.25, -0.2) is 14.3 Å². The summed E-state index contributed by atoms with van der Waals surface area (Å²) in [5, 5.41) is 4.68. The Morgan fingerprint density at radius 3 is 3.17 bits per heavy atom. The maximum Gasteiger partial charge on any atom is 0.343 e. The highest BCUT2D eigenvalue weighted by molar-refractivity contribution is 6.30. The van der Waals surface area contributed by atoms with Crippen LogP contribution in [-0.2, 0) is 17.6 Å². The Balaban J connectivity index is 2.19. The zero-order valence-corrected chi connectivity index (χ0v) is 10.7. The molecule has 18 heavy (non-hydrogen) atoms. The number of esters is 1. The number of aromatic nitrogens is 3. The maximum absolute atomic E-state index is 11.8. The van der Waals surface area contributed by atoms with Crippen LogP contribution in [0.5, 0.6) is 0 Å². The highest BCUT2D eigenvalue weighted by Crippen LogP contribution is 2.29. The maximum atomic E-state index is 11.8. The first-order valence-corrected chi connectivity index (χ1v) is 6.32. The van der Waals surface area contributed by atoms with Gasteiger partial charge in [0.2, 0.25) is 0 Å². The second-order valence-corrected chi connectivity index (χ2v) is 4.55. The Kier molecular flexibility index (Phi) is 2.70. The molecule has 94 valence electrons. The number of nitrogens with zero attached hydrogens (tertiary/aromatic N) is 3. The zero-order chi connectivity index (χ0) is 12.7. The van der Waals surface area contributed by atoms with Crippen LogP contribution in [0.4, 0.5) is 0 Å². The van der Waals surface area contributed by atoms with E-state index in [0.29, 0.717) is 23.0 Å². The third kappa shape index (κ3) is 1.58. The highest BCUT2D eigenvalue weighted by atomic mass is 35.5. The molecule has 0 atom stereocenters. The number of rotatable bonds is 2. The summed E-state index contributed by atoms with van der Waals surface area (Å²) in [6, 6.07) is 0. The number of hydrogen-bond donors (Lipinski definition) is 0.